The molecule has 8 N–H and O–H groups in total. The molecule has 1 aromatic carbocycles. The molecule has 0 bridgehead atoms. The molecular formula is C21H27N5O7S. The summed E-state index contributed by atoms with van der Waals surface area (Å²) in [6.45, 7) is -0.366. The second-order valence-electron chi connectivity index (χ2n) is 7.46. The number of fused-ring (bicyclic) bond motifs is 1. The van der Waals surface area contributed by atoms with Crippen molar-refractivity contribution in [1.82, 2.24) is 20.9 Å². The minimum Gasteiger partial charge on any atom is -0.481 e. The van der Waals surface area contributed by atoms with Crippen LogP contribution in [-0.2, 0) is 30.4 Å². The number of aromatic nitrogens is 1. The molecule has 2 aromatic rings. The lowest BCUT2D eigenvalue weighted by Gasteiger charge is -2.23. The first-order valence-corrected chi connectivity index (χ1v) is 11.0. The fraction of sp³-hybridized carbons (Fsp3) is 0.381. The predicted octanol–water partition coefficient (Wildman–Crippen LogP) is -0.997. The molecule has 3 amide bonds. The highest BCUT2D eigenvalue weighted by molar-refractivity contribution is 7.80. The van der Waals surface area contributed by atoms with E-state index in [0.717, 1.165) is 10.9 Å². The molecule has 3 unspecified atom stereocenters. The van der Waals surface area contributed by atoms with Crippen molar-refractivity contribution < 1.29 is 34.2 Å². The molecule has 184 valence electrons. The van der Waals surface area contributed by atoms with Crippen molar-refractivity contribution in [2.75, 3.05) is 12.3 Å². The van der Waals surface area contributed by atoms with Crippen LogP contribution in [0, 0.1) is 0 Å². The van der Waals surface area contributed by atoms with Gasteiger partial charge in [-0.1, -0.05) is 18.2 Å². The average molecular weight is 494 g/mol. The van der Waals surface area contributed by atoms with Crippen molar-refractivity contribution in [2.24, 2.45) is 5.73 Å². The zero-order valence-electron chi connectivity index (χ0n) is 18.1. The number of aliphatic carboxylic acids is 2. The highest BCUT2D eigenvalue weighted by Gasteiger charge is 2.30. The molecule has 0 aliphatic carbocycles. The van der Waals surface area contributed by atoms with Gasteiger partial charge in [0.2, 0.25) is 17.7 Å². The number of para-hydroxylation sites is 1. The van der Waals surface area contributed by atoms with E-state index in [0.29, 0.717) is 5.56 Å². The minimum atomic E-state index is -1.36. The van der Waals surface area contributed by atoms with E-state index >= 15 is 0 Å². The number of carbonyl (C=O) groups excluding carboxylic acids is 3. The molecular weight excluding hydrogens is 466 g/mol. The Morgan fingerprint density at radius 1 is 0.971 bits per heavy atom. The summed E-state index contributed by atoms with van der Waals surface area (Å²) in [4.78, 5) is 62.8. The smallest absolute Gasteiger partial charge is 0.326 e. The van der Waals surface area contributed by atoms with Crippen molar-refractivity contribution in [2.45, 2.75) is 37.4 Å². The number of carboxylic acids is 2. The van der Waals surface area contributed by atoms with E-state index in [1.54, 1.807) is 12.3 Å². The Labute approximate surface area is 200 Å². The largest absolute Gasteiger partial charge is 0.481 e. The van der Waals surface area contributed by atoms with Gasteiger partial charge in [0.05, 0.1) is 6.54 Å². The number of nitrogens with two attached hydrogens (primary N) is 1. The number of amides is 3. The predicted molar refractivity (Wildman–Crippen MR) is 125 cm³/mol. The Balaban J connectivity index is 2.16. The van der Waals surface area contributed by atoms with Crippen molar-refractivity contribution in [3.05, 3.63) is 36.0 Å². The standard InChI is InChI=1S/C21H27N5O7S/c22-8-17(27)24-16(10-34)20(31)25-14(5-6-18(28)29)19(30)26-15(21(32)33)7-11-9-23-13-4-2-1-3-12(11)13/h1-4,9,14-16,23,34H,5-8,10,22H2,(H,24,27)(H,25,31)(H,26,30)(H,28,29)(H,32,33). The van der Waals surface area contributed by atoms with E-state index in [2.05, 4.69) is 33.6 Å². The zero-order chi connectivity index (χ0) is 25.3. The Hall–Kier alpha value is -3.58. The van der Waals surface area contributed by atoms with Gasteiger partial charge in [-0.2, -0.15) is 12.6 Å². The molecule has 1 heterocycles. The maximum Gasteiger partial charge on any atom is 0.326 e. The fourth-order valence-electron chi connectivity index (χ4n) is 3.25. The van der Waals surface area contributed by atoms with Crippen molar-refractivity contribution >= 4 is 53.2 Å². The number of carbonyl (C=O) groups is 5. The molecule has 0 aliphatic rings. The fourth-order valence-corrected chi connectivity index (χ4v) is 3.51. The van der Waals surface area contributed by atoms with E-state index in [1.807, 2.05) is 18.2 Å². The first-order chi connectivity index (χ1) is 16.2. The van der Waals surface area contributed by atoms with Gasteiger partial charge < -0.3 is 36.9 Å². The minimum absolute atomic E-state index is 0.0451. The lowest BCUT2D eigenvalue weighted by molar-refractivity contribution is -0.143. The van der Waals surface area contributed by atoms with Crippen molar-refractivity contribution in [1.29, 1.82) is 0 Å². The second kappa shape index (κ2) is 12.6. The Bertz CT molecular complexity index is 1060. The number of benzene rings is 1. The van der Waals surface area contributed by atoms with Gasteiger partial charge in [0.1, 0.15) is 18.1 Å². The maximum atomic E-state index is 12.9. The van der Waals surface area contributed by atoms with Crippen LogP contribution in [0.4, 0.5) is 0 Å². The third kappa shape index (κ3) is 7.49. The van der Waals surface area contributed by atoms with E-state index in [9.17, 15) is 29.1 Å². The first-order valence-electron chi connectivity index (χ1n) is 10.4. The Kier molecular flexibility index (Phi) is 9.89. The van der Waals surface area contributed by atoms with Crippen LogP contribution in [0.5, 0.6) is 0 Å². The second-order valence-corrected chi connectivity index (χ2v) is 7.83. The topological polar surface area (TPSA) is 204 Å². The highest BCUT2D eigenvalue weighted by atomic mass is 32.1. The highest BCUT2D eigenvalue weighted by Crippen LogP contribution is 2.19. The summed E-state index contributed by atoms with van der Waals surface area (Å²) in [6.07, 6.45) is 0.847. The third-order valence-corrected chi connectivity index (χ3v) is 5.38. The SMILES string of the molecule is NCC(=O)NC(CS)C(=O)NC(CCC(=O)O)C(=O)NC(Cc1c[nH]c2ccccc12)C(=O)O. The number of hydrogen-bond acceptors (Lipinski definition) is 7. The molecule has 2 rings (SSSR count). The molecule has 0 aliphatic heterocycles. The lowest BCUT2D eigenvalue weighted by atomic mass is 10.0. The van der Waals surface area contributed by atoms with Gasteiger partial charge in [-0.15, -0.1) is 0 Å². The number of hydrogen-bond donors (Lipinski definition) is 8. The summed E-state index contributed by atoms with van der Waals surface area (Å²) in [6, 6.07) is 3.44. The Morgan fingerprint density at radius 3 is 2.24 bits per heavy atom. The van der Waals surface area contributed by atoms with Gasteiger partial charge in [-0.05, 0) is 18.1 Å². The number of thiol groups is 1. The van der Waals surface area contributed by atoms with Crippen LogP contribution in [0.25, 0.3) is 10.9 Å². The monoisotopic (exact) mass is 493 g/mol. The van der Waals surface area contributed by atoms with Crippen LogP contribution < -0.4 is 21.7 Å². The molecule has 0 radical (unpaired) electrons. The van der Waals surface area contributed by atoms with Crippen LogP contribution in [0.2, 0.25) is 0 Å². The molecule has 12 nitrogen and oxygen atoms in total. The average Bonchev–Trinajstić information content (AvgIpc) is 3.21. The summed E-state index contributed by atoms with van der Waals surface area (Å²) in [5, 5.41) is 26.5. The van der Waals surface area contributed by atoms with Crippen LogP contribution in [-0.4, -0.2) is 75.3 Å². The van der Waals surface area contributed by atoms with Crippen LogP contribution in [0.15, 0.2) is 30.5 Å². The normalized spacial score (nSPS) is 13.5. The zero-order valence-corrected chi connectivity index (χ0v) is 19.0. The Morgan fingerprint density at radius 2 is 1.62 bits per heavy atom. The number of carboxylic acid groups (broad SMARTS) is 2. The van der Waals surface area contributed by atoms with E-state index in [4.69, 9.17) is 10.8 Å². The van der Waals surface area contributed by atoms with E-state index in [-0.39, 0.29) is 25.1 Å². The molecule has 3 atom stereocenters. The maximum absolute atomic E-state index is 12.9. The van der Waals surface area contributed by atoms with Gasteiger partial charge in [0.15, 0.2) is 0 Å². The molecule has 0 spiro atoms. The number of rotatable bonds is 13. The van der Waals surface area contributed by atoms with Crippen molar-refractivity contribution in [3.63, 3.8) is 0 Å². The van der Waals surface area contributed by atoms with Crippen LogP contribution in [0.3, 0.4) is 0 Å². The summed E-state index contributed by atoms with van der Waals surface area (Å²) < 4.78 is 0. The molecule has 0 saturated heterocycles. The quantitative estimate of drug-likeness (QED) is 0.162. The van der Waals surface area contributed by atoms with Crippen LogP contribution in [0.1, 0.15) is 18.4 Å². The van der Waals surface area contributed by atoms with E-state index < -0.39 is 54.2 Å². The summed E-state index contributed by atoms with van der Waals surface area (Å²) in [5.41, 5.74) is 6.69. The van der Waals surface area contributed by atoms with Gasteiger partial charge in [0, 0.05) is 35.7 Å². The number of nitrogens with one attached hydrogen (secondary N) is 4. The van der Waals surface area contributed by atoms with E-state index in [1.165, 1.54) is 0 Å². The summed E-state index contributed by atoms with van der Waals surface area (Å²) in [7, 11) is 0. The van der Waals surface area contributed by atoms with Gasteiger partial charge in [0.25, 0.3) is 0 Å². The van der Waals surface area contributed by atoms with Gasteiger partial charge in [-0.3, -0.25) is 19.2 Å². The molecule has 13 heteroatoms. The van der Waals surface area contributed by atoms with Crippen molar-refractivity contribution in [3.8, 4) is 0 Å². The lowest BCUT2D eigenvalue weighted by Crippen LogP contribution is -2.57. The molecule has 1 aromatic heterocycles. The molecule has 0 saturated carbocycles. The number of H-pyrrole nitrogens is 1. The summed E-state index contributed by atoms with van der Waals surface area (Å²) >= 11 is 4.00. The number of aromatic amines is 1. The first kappa shape index (κ1) is 26.7. The molecule has 0 fully saturated rings. The van der Waals surface area contributed by atoms with Crippen LogP contribution >= 0.6 is 12.6 Å². The molecule has 34 heavy (non-hydrogen) atoms. The summed E-state index contributed by atoms with van der Waals surface area (Å²) in [5.74, 6) is -4.89. The van der Waals surface area contributed by atoms with Gasteiger partial charge >= 0.3 is 11.9 Å². The van der Waals surface area contributed by atoms with Gasteiger partial charge in [-0.25, -0.2) is 4.79 Å². The third-order valence-electron chi connectivity index (χ3n) is 5.01.